The Morgan fingerprint density at radius 1 is 1.05 bits per heavy atom. The Morgan fingerprint density at radius 3 is 2.48 bits per heavy atom. The first-order chi connectivity index (χ1) is 10.2. The van der Waals surface area contributed by atoms with E-state index in [1.54, 1.807) is 0 Å². The number of hydrogen-bond acceptors (Lipinski definition) is 2. The summed E-state index contributed by atoms with van der Waals surface area (Å²) in [7, 11) is 0. The predicted molar refractivity (Wildman–Crippen MR) is 88.7 cm³/mol. The van der Waals surface area contributed by atoms with Crippen molar-refractivity contribution in [2.24, 2.45) is 0 Å². The summed E-state index contributed by atoms with van der Waals surface area (Å²) in [5, 5.41) is 5.27. The lowest BCUT2D eigenvalue weighted by Crippen LogP contribution is -2.29. The maximum absolute atomic E-state index is 12.1. The molecule has 0 saturated carbocycles. The van der Waals surface area contributed by atoms with E-state index in [0.717, 1.165) is 48.9 Å². The van der Waals surface area contributed by atoms with Gasteiger partial charge in [-0.25, -0.2) is 0 Å². The van der Waals surface area contributed by atoms with Crippen LogP contribution in [-0.4, -0.2) is 37.0 Å². The molecule has 1 amide bonds. The molecular formula is C18H24N2O. The van der Waals surface area contributed by atoms with Crippen molar-refractivity contribution in [3.05, 3.63) is 48.0 Å². The number of fused-ring (bicyclic) bond motifs is 1. The number of nitrogens with one attached hydrogen (secondary N) is 1. The second kappa shape index (κ2) is 7.79. The van der Waals surface area contributed by atoms with Gasteiger partial charge in [-0.15, -0.1) is 0 Å². The molecule has 0 radical (unpaired) electrons. The van der Waals surface area contributed by atoms with Gasteiger partial charge in [0.25, 0.3) is 5.91 Å². The Morgan fingerprint density at radius 2 is 1.76 bits per heavy atom. The molecule has 21 heavy (non-hydrogen) atoms. The van der Waals surface area contributed by atoms with Gasteiger partial charge in [0.2, 0.25) is 0 Å². The summed E-state index contributed by atoms with van der Waals surface area (Å²) in [5.41, 5.74) is 0.733. The summed E-state index contributed by atoms with van der Waals surface area (Å²) in [5.74, 6) is 0.0142. The van der Waals surface area contributed by atoms with Crippen LogP contribution in [0.1, 0.15) is 30.6 Å². The Kier molecular flexibility index (Phi) is 5.76. The standard InChI is InChI=1S/C18H24N2O/c1-3-20(4-2)13-7-12-19-18(21)17-11-10-15-8-5-6-9-16(15)14-17/h5-6,8-11,14H,3-4,7,12-13H2,1-2H3,(H,19,21). The van der Waals surface area contributed by atoms with Gasteiger partial charge in [-0.05, 0) is 49.0 Å². The van der Waals surface area contributed by atoms with Gasteiger partial charge in [-0.3, -0.25) is 4.79 Å². The molecule has 2 aromatic rings. The third-order valence-corrected chi connectivity index (χ3v) is 3.84. The van der Waals surface area contributed by atoms with Crippen molar-refractivity contribution in [2.45, 2.75) is 20.3 Å². The molecule has 0 unspecified atom stereocenters. The van der Waals surface area contributed by atoms with Crippen LogP contribution in [0.3, 0.4) is 0 Å². The molecule has 0 bridgehead atoms. The summed E-state index contributed by atoms with van der Waals surface area (Å²) in [6, 6.07) is 13.9. The molecule has 3 nitrogen and oxygen atoms in total. The normalized spacial score (nSPS) is 11.0. The molecule has 0 heterocycles. The van der Waals surface area contributed by atoms with Crippen LogP contribution in [0.5, 0.6) is 0 Å². The summed E-state index contributed by atoms with van der Waals surface area (Å²) in [6.07, 6.45) is 0.987. The minimum absolute atomic E-state index is 0.0142. The number of benzene rings is 2. The summed E-state index contributed by atoms with van der Waals surface area (Å²) < 4.78 is 0. The zero-order valence-corrected chi connectivity index (χ0v) is 12.9. The summed E-state index contributed by atoms with van der Waals surface area (Å²) in [4.78, 5) is 14.5. The average molecular weight is 284 g/mol. The van der Waals surface area contributed by atoms with Crippen molar-refractivity contribution in [3.8, 4) is 0 Å². The fourth-order valence-corrected chi connectivity index (χ4v) is 2.48. The van der Waals surface area contributed by atoms with Crippen LogP contribution in [-0.2, 0) is 0 Å². The van der Waals surface area contributed by atoms with Gasteiger partial charge in [-0.2, -0.15) is 0 Å². The average Bonchev–Trinajstić information content (AvgIpc) is 2.54. The number of amides is 1. The fourth-order valence-electron chi connectivity index (χ4n) is 2.48. The number of rotatable bonds is 7. The Labute approximate surface area is 127 Å². The molecule has 0 spiro atoms. The monoisotopic (exact) mass is 284 g/mol. The van der Waals surface area contributed by atoms with Crippen LogP contribution in [0.15, 0.2) is 42.5 Å². The second-order valence-corrected chi connectivity index (χ2v) is 5.20. The van der Waals surface area contributed by atoms with Gasteiger partial charge in [0.15, 0.2) is 0 Å². The summed E-state index contributed by atoms with van der Waals surface area (Å²) in [6.45, 7) is 8.21. The van der Waals surface area contributed by atoms with Crippen LogP contribution < -0.4 is 5.32 Å². The highest BCUT2D eigenvalue weighted by molar-refractivity contribution is 5.98. The van der Waals surface area contributed by atoms with Crippen molar-refractivity contribution in [2.75, 3.05) is 26.2 Å². The van der Waals surface area contributed by atoms with Crippen molar-refractivity contribution < 1.29 is 4.79 Å². The largest absolute Gasteiger partial charge is 0.352 e. The molecule has 2 rings (SSSR count). The summed E-state index contributed by atoms with van der Waals surface area (Å²) >= 11 is 0. The number of nitrogens with zero attached hydrogens (tertiary/aromatic N) is 1. The molecule has 3 heteroatoms. The van der Waals surface area contributed by atoms with E-state index in [2.05, 4.69) is 30.1 Å². The SMILES string of the molecule is CCN(CC)CCCNC(=O)c1ccc2ccccc2c1. The maximum Gasteiger partial charge on any atom is 0.251 e. The quantitative estimate of drug-likeness (QED) is 0.791. The molecule has 0 aliphatic heterocycles. The van der Waals surface area contributed by atoms with E-state index >= 15 is 0 Å². The highest BCUT2D eigenvalue weighted by atomic mass is 16.1. The van der Waals surface area contributed by atoms with Crippen molar-refractivity contribution in [1.82, 2.24) is 10.2 Å². The lowest BCUT2D eigenvalue weighted by Gasteiger charge is -2.17. The first-order valence-electron chi connectivity index (χ1n) is 7.74. The number of carbonyl (C=O) groups excluding carboxylic acids is 1. The number of carbonyl (C=O) groups is 1. The molecular weight excluding hydrogens is 260 g/mol. The maximum atomic E-state index is 12.1. The predicted octanol–water partition coefficient (Wildman–Crippen LogP) is 3.30. The Balaban J connectivity index is 1.87. The van der Waals surface area contributed by atoms with Gasteiger partial charge in [0.1, 0.15) is 0 Å². The molecule has 112 valence electrons. The zero-order chi connectivity index (χ0) is 15.1. The van der Waals surface area contributed by atoms with Gasteiger partial charge in [-0.1, -0.05) is 44.2 Å². The van der Waals surface area contributed by atoms with Crippen molar-refractivity contribution >= 4 is 16.7 Å². The van der Waals surface area contributed by atoms with E-state index < -0.39 is 0 Å². The topological polar surface area (TPSA) is 32.3 Å². The Hall–Kier alpha value is -1.87. The molecule has 1 N–H and O–H groups in total. The van der Waals surface area contributed by atoms with E-state index in [0.29, 0.717) is 0 Å². The minimum Gasteiger partial charge on any atom is -0.352 e. The highest BCUT2D eigenvalue weighted by Gasteiger charge is 2.06. The molecule has 0 aliphatic carbocycles. The molecule has 0 atom stereocenters. The van der Waals surface area contributed by atoms with Crippen molar-refractivity contribution in [1.29, 1.82) is 0 Å². The van der Waals surface area contributed by atoms with Crippen LogP contribution in [0.4, 0.5) is 0 Å². The first kappa shape index (κ1) is 15.5. The van der Waals surface area contributed by atoms with Gasteiger partial charge in [0.05, 0.1) is 0 Å². The van der Waals surface area contributed by atoms with Crippen LogP contribution in [0.25, 0.3) is 10.8 Å². The van der Waals surface area contributed by atoms with Crippen LogP contribution >= 0.6 is 0 Å². The second-order valence-electron chi connectivity index (χ2n) is 5.20. The van der Waals surface area contributed by atoms with Crippen LogP contribution in [0.2, 0.25) is 0 Å². The van der Waals surface area contributed by atoms with E-state index in [1.807, 2.05) is 36.4 Å². The molecule has 2 aromatic carbocycles. The highest BCUT2D eigenvalue weighted by Crippen LogP contribution is 2.15. The van der Waals surface area contributed by atoms with Crippen LogP contribution in [0, 0.1) is 0 Å². The van der Waals surface area contributed by atoms with E-state index in [9.17, 15) is 4.79 Å². The van der Waals surface area contributed by atoms with Gasteiger partial charge < -0.3 is 10.2 Å². The lowest BCUT2D eigenvalue weighted by molar-refractivity contribution is 0.0952. The van der Waals surface area contributed by atoms with Crippen molar-refractivity contribution in [3.63, 3.8) is 0 Å². The third kappa shape index (κ3) is 4.30. The molecule has 0 fully saturated rings. The van der Waals surface area contributed by atoms with E-state index in [1.165, 1.54) is 0 Å². The fraction of sp³-hybridized carbons (Fsp3) is 0.389. The smallest absolute Gasteiger partial charge is 0.251 e. The molecule has 0 aliphatic rings. The van der Waals surface area contributed by atoms with E-state index in [-0.39, 0.29) is 5.91 Å². The first-order valence-corrected chi connectivity index (χ1v) is 7.74. The third-order valence-electron chi connectivity index (χ3n) is 3.84. The van der Waals surface area contributed by atoms with E-state index in [4.69, 9.17) is 0 Å². The minimum atomic E-state index is 0.0142. The lowest BCUT2D eigenvalue weighted by atomic mass is 10.1. The molecule has 0 aromatic heterocycles. The zero-order valence-electron chi connectivity index (χ0n) is 12.9. The molecule has 0 saturated heterocycles. The van der Waals surface area contributed by atoms with Gasteiger partial charge in [0, 0.05) is 12.1 Å². The van der Waals surface area contributed by atoms with Gasteiger partial charge >= 0.3 is 0 Å². The number of hydrogen-bond donors (Lipinski definition) is 1. The Bertz CT molecular complexity index is 591.